The number of carbonyl (C=O) groups is 1. The summed E-state index contributed by atoms with van der Waals surface area (Å²) in [7, 11) is 0. The lowest BCUT2D eigenvalue weighted by Gasteiger charge is -2.29. The molecule has 0 saturated carbocycles. The van der Waals surface area contributed by atoms with Gasteiger partial charge in [0.1, 0.15) is 5.75 Å². The van der Waals surface area contributed by atoms with Gasteiger partial charge in [0.05, 0.1) is 13.0 Å². The van der Waals surface area contributed by atoms with Crippen molar-refractivity contribution in [3.63, 3.8) is 0 Å². The van der Waals surface area contributed by atoms with Gasteiger partial charge in [-0.1, -0.05) is 19.8 Å². The number of nitrogens with two attached hydrogens (primary N) is 1. The molecule has 21 heavy (non-hydrogen) atoms. The van der Waals surface area contributed by atoms with Gasteiger partial charge in [0.2, 0.25) is 5.91 Å². The van der Waals surface area contributed by atoms with Gasteiger partial charge in [0.15, 0.2) is 0 Å². The Kier molecular flexibility index (Phi) is 5.90. The van der Waals surface area contributed by atoms with Gasteiger partial charge in [-0.3, -0.25) is 4.79 Å². The van der Waals surface area contributed by atoms with E-state index in [-0.39, 0.29) is 5.91 Å². The molecular formula is C17H26N2O2. The lowest BCUT2D eigenvalue weighted by molar-refractivity contribution is -0.134. The minimum Gasteiger partial charge on any atom is -0.493 e. The van der Waals surface area contributed by atoms with Crippen LogP contribution < -0.4 is 10.5 Å². The molecule has 0 radical (unpaired) electrons. The van der Waals surface area contributed by atoms with E-state index >= 15 is 0 Å². The average Bonchev–Trinajstić information content (AvgIpc) is 2.74. The molecule has 1 heterocycles. The molecule has 4 heteroatoms. The van der Waals surface area contributed by atoms with E-state index in [1.54, 1.807) is 12.1 Å². The standard InChI is InChI=1S/C17H26N2O2/c1-2-15-6-4-3-5-12-19(15)17(20)11-13-21-16-9-7-14(18)8-10-16/h7-10,15H,2-6,11-13,18H2,1H3. The Bertz CT molecular complexity index is 445. The monoisotopic (exact) mass is 290 g/mol. The highest BCUT2D eigenvalue weighted by Crippen LogP contribution is 2.20. The Hall–Kier alpha value is -1.71. The predicted molar refractivity (Wildman–Crippen MR) is 85.2 cm³/mol. The molecule has 1 saturated heterocycles. The van der Waals surface area contributed by atoms with Gasteiger partial charge in [-0.25, -0.2) is 0 Å². The van der Waals surface area contributed by atoms with Crippen LogP contribution in [0.1, 0.15) is 45.4 Å². The van der Waals surface area contributed by atoms with E-state index in [2.05, 4.69) is 11.8 Å². The molecule has 1 aromatic rings. The van der Waals surface area contributed by atoms with Crippen molar-refractivity contribution in [3.05, 3.63) is 24.3 Å². The lowest BCUT2D eigenvalue weighted by atomic mass is 10.1. The van der Waals surface area contributed by atoms with Gasteiger partial charge >= 0.3 is 0 Å². The van der Waals surface area contributed by atoms with Crippen LogP contribution in [0.2, 0.25) is 0 Å². The number of benzene rings is 1. The highest BCUT2D eigenvalue weighted by atomic mass is 16.5. The first-order valence-electron chi connectivity index (χ1n) is 7.98. The molecule has 1 fully saturated rings. The third-order valence-corrected chi connectivity index (χ3v) is 4.13. The van der Waals surface area contributed by atoms with Gasteiger partial charge in [0, 0.05) is 18.3 Å². The molecule has 2 N–H and O–H groups in total. The van der Waals surface area contributed by atoms with Gasteiger partial charge in [0.25, 0.3) is 0 Å². The SMILES string of the molecule is CCC1CCCCCN1C(=O)CCOc1ccc(N)cc1. The number of hydrogen-bond donors (Lipinski definition) is 1. The second kappa shape index (κ2) is 7.91. The molecular weight excluding hydrogens is 264 g/mol. The summed E-state index contributed by atoms with van der Waals surface area (Å²) in [5, 5.41) is 0. The van der Waals surface area contributed by atoms with Crippen LogP contribution in [-0.4, -0.2) is 30.0 Å². The van der Waals surface area contributed by atoms with Crippen LogP contribution >= 0.6 is 0 Å². The van der Waals surface area contributed by atoms with Crippen LogP contribution in [0.4, 0.5) is 5.69 Å². The van der Waals surface area contributed by atoms with E-state index in [0.29, 0.717) is 24.8 Å². The fourth-order valence-corrected chi connectivity index (χ4v) is 2.89. The normalized spacial score (nSPS) is 19.1. The highest BCUT2D eigenvalue weighted by Gasteiger charge is 2.23. The van der Waals surface area contributed by atoms with Crippen LogP contribution in [0.15, 0.2) is 24.3 Å². The third-order valence-electron chi connectivity index (χ3n) is 4.13. The molecule has 0 bridgehead atoms. The minimum absolute atomic E-state index is 0.221. The second-order valence-corrected chi connectivity index (χ2v) is 5.67. The summed E-state index contributed by atoms with van der Waals surface area (Å²) >= 11 is 0. The van der Waals surface area contributed by atoms with Gasteiger partial charge in [-0.2, -0.15) is 0 Å². The number of nitrogens with zero attached hydrogens (tertiary/aromatic N) is 1. The van der Waals surface area contributed by atoms with Crippen molar-refractivity contribution in [1.29, 1.82) is 0 Å². The van der Waals surface area contributed by atoms with Crippen LogP contribution in [0.5, 0.6) is 5.75 Å². The summed E-state index contributed by atoms with van der Waals surface area (Å²) in [6, 6.07) is 7.69. The molecule has 1 atom stereocenters. The van der Waals surface area contributed by atoms with Crippen molar-refractivity contribution in [2.24, 2.45) is 0 Å². The van der Waals surface area contributed by atoms with Crippen molar-refractivity contribution < 1.29 is 9.53 Å². The molecule has 1 amide bonds. The molecule has 1 aliphatic rings. The van der Waals surface area contributed by atoms with Crippen LogP contribution in [0.25, 0.3) is 0 Å². The predicted octanol–water partition coefficient (Wildman–Crippen LogP) is 3.22. The number of likely N-dealkylation sites (tertiary alicyclic amines) is 1. The lowest BCUT2D eigenvalue weighted by Crippen LogP contribution is -2.40. The highest BCUT2D eigenvalue weighted by molar-refractivity contribution is 5.76. The quantitative estimate of drug-likeness (QED) is 0.847. The Balaban J connectivity index is 1.81. The van der Waals surface area contributed by atoms with E-state index in [1.165, 1.54) is 12.8 Å². The maximum atomic E-state index is 12.4. The number of carbonyl (C=O) groups excluding carboxylic acids is 1. The Morgan fingerprint density at radius 2 is 2.05 bits per heavy atom. The van der Waals surface area contributed by atoms with Crippen LogP contribution in [-0.2, 0) is 4.79 Å². The molecule has 4 nitrogen and oxygen atoms in total. The third kappa shape index (κ3) is 4.66. The molecule has 1 aromatic carbocycles. The topological polar surface area (TPSA) is 55.6 Å². The molecule has 1 aliphatic heterocycles. The molecule has 1 unspecified atom stereocenters. The summed E-state index contributed by atoms with van der Waals surface area (Å²) in [6.45, 7) is 3.50. The number of rotatable bonds is 5. The molecule has 116 valence electrons. The number of amides is 1. The van der Waals surface area contributed by atoms with Gasteiger partial charge < -0.3 is 15.4 Å². The van der Waals surface area contributed by atoms with Crippen molar-refractivity contribution in [3.8, 4) is 5.75 Å². The minimum atomic E-state index is 0.221. The van der Waals surface area contributed by atoms with Crippen molar-refractivity contribution in [2.75, 3.05) is 18.9 Å². The van der Waals surface area contributed by atoms with Crippen molar-refractivity contribution >= 4 is 11.6 Å². The zero-order valence-corrected chi connectivity index (χ0v) is 12.9. The first-order chi connectivity index (χ1) is 10.2. The second-order valence-electron chi connectivity index (χ2n) is 5.67. The smallest absolute Gasteiger partial charge is 0.226 e. The fourth-order valence-electron chi connectivity index (χ4n) is 2.89. The van der Waals surface area contributed by atoms with E-state index in [0.717, 1.165) is 31.6 Å². The summed E-state index contributed by atoms with van der Waals surface area (Å²) in [5.41, 5.74) is 6.35. The first-order valence-corrected chi connectivity index (χ1v) is 7.98. The molecule has 2 rings (SSSR count). The van der Waals surface area contributed by atoms with Crippen LogP contribution in [0.3, 0.4) is 0 Å². The summed E-state index contributed by atoms with van der Waals surface area (Å²) in [5.74, 6) is 0.985. The Morgan fingerprint density at radius 3 is 2.76 bits per heavy atom. The van der Waals surface area contributed by atoms with E-state index < -0.39 is 0 Å². The maximum Gasteiger partial charge on any atom is 0.226 e. The van der Waals surface area contributed by atoms with Gasteiger partial charge in [-0.05, 0) is 43.5 Å². The maximum absolute atomic E-state index is 12.4. The summed E-state index contributed by atoms with van der Waals surface area (Å²) in [4.78, 5) is 14.5. The number of anilines is 1. The Morgan fingerprint density at radius 1 is 1.29 bits per heavy atom. The number of ether oxygens (including phenoxy) is 1. The average molecular weight is 290 g/mol. The molecule has 0 aliphatic carbocycles. The van der Waals surface area contributed by atoms with Crippen LogP contribution in [0, 0.1) is 0 Å². The molecule has 0 spiro atoms. The summed E-state index contributed by atoms with van der Waals surface area (Å²) < 4.78 is 5.62. The van der Waals surface area contributed by atoms with E-state index in [4.69, 9.17) is 10.5 Å². The summed E-state index contributed by atoms with van der Waals surface area (Å²) in [6.07, 6.45) is 6.24. The van der Waals surface area contributed by atoms with Crippen molar-refractivity contribution in [2.45, 2.75) is 51.5 Å². The zero-order chi connectivity index (χ0) is 15.1. The van der Waals surface area contributed by atoms with E-state index in [1.807, 2.05) is 12.1 Å². The fraction of sp³-hybridized carbons (Fsp3) is 0.588. The number of hydrogen-bond acceptors (Lipinski definition) is 3. The van der Waals surface area contributed by atoms with E-state index in [9.17, 15) is 4.79 Å². The number of nitrogen functional groups attached to an aromatic ring is 1. The zero-order valence-electron chi connectivity index (χ0n) is 12.9. The van der Waals surface area contributed by atoms with Crippen molar-refractivity contribution in [1.82, 2.24) is 4.90 Å². The molecule has 0 aromatic heterocycles. The van der Waals surface area contributed by atoms with Gasteiger partial charge in [-0.15, -0.1) is 0 Å². The first kappa shape index (κ1) is 15.7. The Labute approximate surface area is 127 Å². The largest absolute Gasteiger partial charge is 0.493 e.